The molecule has 2 aromatic carbocycles. The van der Waals surface area contributed by atoms with E-state index in [1.54, 1.807) is 0 Å². The van der Waals surface area contributed by atoms with Crippen molar-refractivity contribution in [1.82, 2.24) is 9.88 Å². The molecule has 1 N–H and O–H groups in total. The van der Waals surface area contributed by atoms with Crippen LogP contribution in [0.1, 0.15) is 63.7 Å². The highest BCUT2D eigenvalue weighted by Crippen LogP contribution is 2.25. The van der Waals surface area contributed by atoms with Crippen molar-refractivity contribution in [1.29, 1.82) is 0 Å². The number of hydrogen-bond donors (Lipinski definition) is 1. The summed E-state index contributed by atoms with van der Waals surface area (Å²) in [5.41, 5.74) is 5.55. The lowest BCUT2D eigenvalue weighted by Gasteiger charge is -2.33. The predicted molar refractivity (Wildman–Crippen MR) is 125 cm³/mol. The van der Waals surface area contributed by atoms with Gasteiger partial charge in [-0.2, -0.15) is 0 Å². The van der Waals surface area contributed by atoms with Crippen LogP contribution in [-0.2, 0) is 0 Å². The zero-order valence-corrected chi connectivity index (χ0v) is 18.7. The van der Waals surface area contributed by atoms with Crippen molar-refractivity contribution in [2.24, 2.45) is 0 Å². The Morgan fingerprint density at radius 3 is 2.58 bits per heavy atom. The molecule has 0 aliphatic carbocycles. The van der Waals surface area contributed by atoms with Crippen LogP contribution in [0.2, 0.25) is 0 Å². The number of nitrogens with zero attached hydrogens (tertiary/aromatic N) is 2. The van der Waals surface area contributed by atoms with Gasteiger partial charge < -0.3 is 10.2 Å². The van der Waals surface area contributed by atoms with Crippen molar-refractivity contribution in [2.75, 3.05) is 11.9 Å². The SMILES string of the molecule is Cc1ccc2nc(C)cc(C(=O)Nc3ccc(C(=O)N4CCCCC4C)cc3C)c2c1. The number of anilines is 1. The van der Waals surface area contributed by atoms with Crippen LogP contribution in [0.3, 0.4) is 0 Å². The molecule has 5 nitrogen and oxygen atoms in total. The number of carbonyl (C=O) groups is 2. The smallest absolute Gasteiger partial charge is 0.256 e. The molecular weight excluding hydrogens is 386 g/mol. The molecule has 31 heavy (non-hydrogen) atoms. The Morgan fingerprint density at radius 1 is 1.03 bits per heavy atom. The van der Waals surface area contributed by atoms with Crippen molar-refractivity contribution in [3.05, 3.63) is 70.4 Å². The van der Waals surface area contributed by atoms with Gasteiger partial charge in [-0.25, -0.2) is 0 Å². The molecule has 1 saturated heterocycles. The van der Waals surface area contributed by atoms with Gasteiger partial charge in [-0.1, -0.05) is 11.6 Å². The maximum absolute atomic E-state index is 13.1. The van der Waals surface area contributed by atoms with Gasteiger partial charge in [0.1, 0.15) is 0 Å². The van der Waals surface area contributed by atoms with Crippen LogP contribution in [0.15, 0.2) is 42.5 Å². The molecule has 0 spiro atoms. The lowest BCUT2D eigenvalue weighted by atomic mass is 10.0. The maximum Gasteiger partial charge on any atom is 0.256 e. The highest BCUT2D eigenvalue weighted by Gasteiger charge is 2.24. The minimum atomic E-state index is -0.173. The van der Waals surface area contributed by atoms with Gasteiger partial charge >= 0.3 is 0 Å². The largest absolute Gasteiger partial charge is 0.336 e. The number of hydrogen-bond acceptors (Lipinski definition) is 3. The number of amides is 2. The third-order valence-corrected chi connectivity index (χ3v) is 6.12. The summed E-state index contributed by atoms with van der Waals surface area (Å²) in [6.45, 7) is 8.74. The van der Waals surface area contributed by atoms with Gasteiger partial charge in [-0.05, 0) is 88.9 Å². The second-order valence-corrected chi connectivity index (χ2v) is 8.66. The van der Waals surface area contributed by atoms with Crippen molar-refractivity contribution in [2.45, 2.75) is 53.0 Å². The Labute approximate surface area is 183 Å². The molecule has 2 heterocycles. The number of piperidine rings is 1. The Kier molecular flexibility index (Phi) is 5.77. The van der Waals surface area contributed by atoms with Gasteiger partial charge in [0.15, 0.2) is 0 Å². The highest BCUT2D eigenvalue weighted by molar-refractivity contribution is 6.13. The Bertz CT molecular complexity index is 1170. The van der Waals surface area contributed by atoms with Gasteiger partial charge in [0, 0.05) is 34.9 Å². The van der Waals surface area contributed by atoms with Crippen LogP contribution < -0.4 is 5.32 Å². The summed E-state index contributed by atoms with van der Waals surface area (Å²) in [6.07, 6.45) is 3.29. The Hall–Kier alpha value is -3.21. The fourth-order valence-corrected chi connectivity index (χ4v) is 4.35. The third kappa shape index (κ3) is 4.31. The van der Waals surface area contributed by atoms with E-state index in [9.17, 15) is 9.59 Å². The lowest BCUT2D eigenvalue weighted by molar-refractivity contribution is 0.0635. The third-order valence-electron chi connectivity index (χ3n) is 6.12. The molecule has 1 aromatic heterocycles. The lowest BCUT2D eigenvalue weighted by Crippen LogP contribution is -2.42. The van der Waals surface area contributed by atoms with E-state index in [0.29, 0.717) is 16.8 Å². The summed E-state index contributed by atoms with van der Waals surface area (Å²) in [5.74, 6) is -0.104. The summed E-state index contributed by atoms with van der Waals surface area (Å²) in [7, 11) is 0. The zero-order chi connectivity index (χ0) is 22.1. The molecule has 160 valence electrons. The molecule has 1 aliphatic rings. The Morgan fingerprint density at radius 2 is 1.84 bits per heavy atom. The molecule has 2 amide bonds. The minimum Gasteiger partial charge on any atom is -0.336 e. The van der Waals surface area contributed by atoms with Crippen LogP contribution in [0, 0.1) is 20.8 Å². The van der Waals surface area contributed by atoms with E-state index < -0.39 is 0 Å². The number of fused-ring (bicyclic) bond motifs is 1. The molecule has 1 aliphatic heterocycles. The molecule has 0 radical (unpaired) electrons. The topological polar surface area (TPSA) is 62.3 Å². The number of carbonyl (C=O) groups excluding carboxylic acids is 2. The van der Waals surface area contributed by atoms with Crippen LogP contribution in [0.4, 0.5) is 5.69 Å². The standard InChI is InChI=1S/C26H29N3O2/c1-16-8-10-24-21(13-16)22(15-18(3)27-24)25(30)28-23-11-9-20(14-17(23)2)26(31)29-12-6-5-7-19(29)4/h8-11,13-15,19H,5-7,12H2,1-4H3,(H,28,30). The monoisotopic (exact) mass is 415 g/mol. The van der Waals surface area contributed by atoms with E-state index in [-0.39, 0.29) is 17.9 Å². The molecule has 1 unspecified atom stereocenters. The normalized spacial score (nSPS) is 16.4. The quantitative estimate of drug-likeness (QED) is 0.621. The maximum atomic E-state index is 13.1. The number of rotatable bonds is 3. The summed E-state index contributed by atoms with van der Waals surface area (Å²) in [5, 5.41) is 3.87. The molecule has 5 heteroatoms. The van der Waals surface area contributed by atoms with E-state index in [2.05, 4.69) is 17.2 Å². The number of benzene rings is 2. The van der Waals surface area contributed by atoms with Crippen molar-refractivity contribution in [3.8, 4) is 0 Å². The van der Waals surface area contributed by atoms with Crippen molar-refractivity contribution >= 4 is 28.4 Å². The number of pyridine rings is 1. The summed E-state index contributed by atoms with van der Waals surface area (Å²) in [6, 6.07) is 13.5. The molecule has 1 atom stereocenters. The second-order valence-electron chi connectivity index (χ2n) is 8.66. The first kappa shape index (κ1) is 21.0. The van der Waals surface area contributed by atoms with Gasteiger partial charge in [-0.15, -0.1) is 0 Å². The van der Waals surface area contributed by atoms with Crippen LogP contribution >= 0.6 is 0 Å². The second kappa shape index (κ2) is 8.50. The van der Waals surface area contributed by atoms with Gasteiger partial charge in [0.05, 0.1) is 11.1 Å². The van der Waals surface area contributed by atoms with Crippen LogP contribution in [0.5, 0.6) is 0 Å². The van der Waals surface area contributed by atoms with E-state index in [4.69, 9.17) is 0 Å². The number of nitrogens with one attached hydrogen (secondary N) is 1. The molecule has 0 bridgehead atoms. The van der Waals surface area contributed by atoms with E-state index in [1.807, 2.05) is 68.1 Å². The average Bonchev–Trinajstić information content (AvgIpc) is 2.74. The molecule has 0 saturated carbocycles. The van der Waals surface area contributed by atoms with E-state index in [1.165, 1.54) is 6.42 Å². The summed E-state index contributed by atoms with van der Waals surface area (Å²) >= 11 is 0. The zero-order valence-electron chi connectivity index (χ0n) is 18.7. The van der Waals surface area contributed by atoms with E-state index >= 15 is 0 Å². The number of aromatic nitrogens is 1. The van der Waals surface area contributed by atoms with E-state index in [0.717, 1.165) is 47.1 Å². The fraction of sp³-hybridized carbons (Fsp3) is 0.346. The van der Waals surface area contributed by atoms with Crippen molar-refractivity contribution in [3.63, 3.8) is 0 Å². The summed E-state index contributed by atoms with van der Waals surface area (Å²) in [4.78, 5) is 32.6. The molecule has 4 rings (SSSR count). The van der Waals surface area contributed by atoms with Crippen LogP contribution in [0.25, 0.3) is 10.9 Å². The molecular formula is C26H29N3O2. The fourth-order valence-electron chi connectivity index (χ4n) is 4.35. The molecule has 3 aromatic rings. The van der Waals surface area contributed by atoms with Gasteiger partial charge in [0.25, 0.3) is 11.8 Å². The first-order chi connectivity index (χ1) is 14.8. The van der Waals surface area contributed by atoms with Gasteiger partial charge in [0.2, 0.25) is 0 Å². The van der Waals surface area contributed by atoms with Crippen LogP contribution in [-0.4, -0.2) is 34.3 Å². The first-order valence-electron chi connectivity index (χ1n) is 10.9. The number of likely N-dealkylation sites (tertiary alicyclic amines) is 1. The Balaban J connectivity index is 1.59. The van der Waals surface area contributed by atoms with Crippen molar-refractivity contribution < 1.29 is 9.59 Å². The average molecular weight is 416 g/mol. The van der Waals surface area contributed by atoms with Gasteiger partial charge in [-0.3, -0.25) is 14.6 Å². The predicted octanol–water partition coefficient (Wildman–Crippen LogP) is 5.43. The highest BCUT2D eigenvalue weighted by atomic mass is 16.2. The molecule has 1 fully saturated rings. The number of aryl methyl sites for hydroxylation is 3. The minimum absolute atomic E-state index is 0.0689. The summed E-state index contributed by atoms with van der Waals surface area (Å²) < 4.78 is 0. The first-order valence-corrected chi connectivity index (χ1v) is 10.9.